The van der Waals surface area contributed by atoms with Crippen molar-refractivity contribution in [1.82, 2.24) is 29.3 Å². The molecule has 5 rings (SSSR count). The Kier molecular flexibility index (Phi) is 4.69. The Morgan fingerprint density at radius 3 is 2.50 bits per heavy atom. The molecule has 1 N–H and O–H groups in total. The molecule has 1 aliphatic carbocycles. The molecule has 30 heavy (non-hydrogen) atoms. The van der Waals surface area contributed by atoms with E-state index in [0.717, 1.165) is 19.3 Å². The first-order valence-electron chi connectivity index (χ1n) is 10.1. The SMILES string of the molecule is CSc1n[nH]c(-n2ccc3nc4ccn(C5CCCCC5C)c(=O)c4cc3c2=O)n1. The van der Waals surface area contributed by atoms with Gasteiger partial charge in [0, 0.05) is 18.4 Å². The number of rotatable bonds is 3. The highest BCUT2D eigenvalue weighted by Gasteiger charge is 2.24. The Morgan fingerprint density at radius 2 is 1.77 bits per heavy atom. The molecule has 1 saturated carbocycles. The molecule has 0 radical (unpaired) electrons. The lowest BCUT2D eigenvalue weighted by molar-refractivity contribution is 0.253. The molecule has 2 unspecified atom stereocenters. The molecular weight excluding hydrogens is 400 g/mol. The van der Waals surface area contributed by atoms with Crippen LogP contribution < -0.4 is 11.1 Å². The van der Waals surface area contributed by atoms with Gasteiger partial charge in [0.05, 0.1) is 21.8 Å². The van der Waals surface area contributed by atoms with E-state index in [1.54, 1.807) is 18.3 Å². The van der Waals surface area contributed by atoms with Crippen molar-refractivity contribution in [3.05, 3.63) is 51.3 Å². The predicted molar refractivity (Wildman–Crippen MR) is 117 cm³/mol. The fourth-order valence-corrected chi connectivity index (χ4v) is 4.73. The van der Waals surface area contributed by atoms with Crippen molar-refractivity contribution in [2.24, 2.45) is 5.92 Å². The van der Waals surface area contributed by atoms with Gasteiger partial charge in [-0.3, -0.25) is 14.2 Å². The number of hydrogen-bond donors (Lipinski definition) is 1. The number of H-pyrrole nitrogens is 1. The van der Waals surface area contributed by atoms with Crippen LogP contribution in [0.2, 0.25) is 0 Å². The van der Waals surface area contributed by atoms with Crippen molar-refractivity contribution >= 4 is 33.6 Å². The third-order valence-corrected chi connectivity index (χ3v) is 6.61. The van der Waals surface area contributed by atoms with Gasteiger partial charge in [-0.25, -0.2) is 10.1 Å². The summed E-state index contributed by atoms with van der Waals surface area (Å²) in [5.41, 5.74) is 0.788. The molecule has 0 aromatic carbocycles. The van der Waals surface area contributed by atoms with Crippen LogP contribution in [-0.4, -0.2) is 35.6 Å². The summed E-state index contributed by atoms with van der Waals surface area (Å²) in [6.45, 7) is 2.21. The number of fused-ring (bicyclic) bond motifs is 2. The summed E-state index contributed by atoms with van der Waals surface area (Å²) in [7, 11) is 0. The van der Waals surface area contributed by atoms with Gasteiger partial charge in [0.1, 0.15) is 0 Å². The van der Waals surface area contributed by atoms with Crippen LogP contribution in [0.1, 0.15) is 38.6 Å². The summed E-state index contributed by atoms with van der Waals surface area (Å²) >= 11 is 1.39. The first kappa shape index (κ1) is 19.0. The second-order valence-electron chi connectivity index (χ2n) is 7.85. The average molecular weight is 423 g/mol. The Hall–Kier alpha value is -2.94. The minimum absolute atomic E-state index is 0.0835. The van der Waals surface area contributed by atoms with Crippen LogP contribution in [0.3, 0.4) is 0 Å². The topological polar surface area (TPSA) is 98.5 Å². The summed E-state index contributed by atoms with van der Waals surface area (Å²) in [6.07, 6.45) is 9.83. The Morgan fingerprint density at radius 1 is 1.03 bits per heavy atom. The minimum Gasteiger partial charge on any atom is -0.312 e. The second-order valence-corrected chi connectivity index (χ2v) is 8.62. The second kappa shape index (κ2) is 7.39. The molecule has 4 heterocycles. The van der Waals surface area contributed by atoms with Crippen molar-refractivity contribution in [2.45, 2.75) is 43.8 Å². The Labute approximate surface area is 176 Å². The maximum absolute atomic E-state index is 13.3. The molecule has 2 atom stereocenters. The molecule has 1 aliphatic rings. The number of hydrogen-bond acceptors (Lipinski definition) is 6. The van der Waals surface area contributed by atoms with Gasteiger partial charge in [0.25, 0.3) is 11.1 Å². The Bertz CT molecular complexity index is 1370. The van der Waals surface area contributed by atoms with E-state index in [0.29, 0.717) is 38.8 Å². The number of nitrogens with zero attached hydrogens (tertiary/aromatic N) is 5. The van der Waals surface area contributed by atoms with Crippen LogP contribution in [-0.2, 0) is 0 Å². The third-order valence-electron chi connectivity index (χ3n) is 6.06. The van der Waals surface area contributed by atoms with E-state index in [1.165, 1.54) is 22.7 Å². The van der Waals surface area contributed by atoms with Crippen molar-refractivity contribution in [1.29, 1.82) is 0 Å². The van der Waals surface area contributed by atoms with Gasteiger partial charge in [-0.15, -0.1) is 5.10 Å². The first-order valence-corrected chi connectivity index (χ1v) is 11.3. The summed E-state index contributed by atoms with van der Waals surface area (Å²) in [6, 6.07) is 5.50. The van der Waals surface area contributed by atoms with Gasteiger partial charge < -0.3 is 4.57 Å². The number of thioether (sulfide) groups is 1. The summed E-state index contributed by atoms with van der Waals surface area (Å²) in [5, 5.41) is 8.26. The maximum atomic E-state index is 13.3. The van der Waals surface area contributed by atoms with Gasteiger partial charge in [-0.2, -0.15) is 4.98 Å². The molecule has 0 aliphatic heterocycles. The molecule has 154 valence electrons. The van der Waals surface area contributed by atoms with Crippen LogP contribution in [0.5, 0.6) is 0 Å². The van der Waals surface area contributed by atoms with Gasteiger partial charge in [-0.1, -0.05) is 31.5 Å². The largest absolute Gasteiger partial charge is 0.312 e. The summed E-state index contributed by atoms with van der Waals surface area (Å²) in [4.78, 5) is 35.3. The fraction of sp³-hybridized carbons (Fsp3) is 0.381. The molecule has 1 fully saturated rings. The Balaban J connectivity index is 1.69. The van der Waals surface area contributed by atoms with Gasteiger partial charge >= 0.3 is 0 Å². The van der Waals surface area contributed by atoms with E-state index in [9.17, 15) is 9.59 Å². The summed E-state index contributed by atoms with van der Waals surface area (Å²) < 4.78 is 3.23. The number of aromatic nitrogens is 6. The van der Waals surface area contributed by atoms with Crippen LogP contribution >= 0.6 is 11.8 Å². The van der Waals surface area contributed by atoms with Crippen molar-refractivity contribution < 1.29 is 0 Å². The van der Waals surface area contributed by atoms with E-state index < -0.39 is 0 Å². The van der Waals surface area contributed by atoms with Crippen LogP contribution in [0, 0.1) is 5.92 Å². The molecule has 4 aromatic heterocycles. The zero-order chi connectivity index (χ0) is 20.8. The van der Waals surface area contributed by atoms with E-state index >= 15 is 0 Å². The smallest absolute Gasteiger partial charge is 0.266 e. The third kappa shape index (κ3) is 3.04. The van der Waals surface area contributed by atoms with E-state index in [-0.39, 0.29) is 17.2 Å². The molecule has 0 spiro atoms. The normalized spacial score (nSPS) is 19.5. The quantitative estimate of drug-likeness (QED) is 0.402. The number of nitrogens with one attached hydrogen (secondary N) is 1. The highest BCUT2D eigenvalue weighted by Crippen LogP contribution is 2.32. The summed E-state index contributed by atoms with van der Waals surface area (Å²) in [5.74, 6) is 0.796. The molecule has 0 saturated heterocycles. The van der Waals surface area contributed by atoms with E-state index in [1.807, 2.05) is 23.1 Å². The number of aromatic amines is 1. The van der Waals surface area contributed by atoms with Gasteiger partial charge in [0.2, 0.25) is 11.1 Å². The number of pyridine rings is 3. The molecule has 9 heteroatoms. The maximum Gasteiger partial charge on any atom is 0.266 e. The highest BCUT2D eigenvalue weighted by atomic mass is 32.2. The van der Waals surface area contributed by atoms with Crippen LogP contribution in [0.4, 0.5) is 0 Å². The first-order chi connectivity index (χ1) is 14.6. The molecular formula is C21H22N6O2S. The van der Waals surface area contributed by atoms with Crippen LogP contribution in [0.15, 0.2) is 45.3 Å². The average Bonchev–Trinajstić information content (AvgIpc) is 3.23. The minimum atomic E-state index is -0.286. The van der Waals surface area contributed by atoms with Crippen molar-refractivity contribution in [2.75, 3.05) is 6.26 Å². The lowest BCUT2D eigenvalue weighted by Crippen LogP contribution is -2.30. The zero-order valence-corrected chi connectivity index (χ0v) is 17.6. The molecule has 4 aromatic rings. The lowest BCUT2D eigenvalue weighted by atomic mass is 9.85. The highest BCUT2D eigenvalue weighted by molar-refractivity contribution is 7.98. The molecule has 0 bridgehead atoms. The van der Waals surface area contributed by atoms with E-state index in [4.69, 9.17) is 0 Å². The van der Waals surface area contributed by atoms with Gasteiger partial charge in [0.15, 0.2) is 0 Å². The van der Waals surface area contributed by atoms with Gasteiger partial charge in [-0.05, 0) is 43.2 Å². The van der Waals surface area contributed by atoms with Crippen LogP contribution in [0.25, 0.3) is 27.8 Å². The predicted octanol–water partition coefficient (Wildman–Crippen LogP) is 3.29. The fourth-order valence-electron chi connectivity index (χ4n) is 4.41. The van der Waals surface area contributed by atoms with E-state index in [2.05, 4.69) is 27.1 Å². The molecule has 8 nitrogen and oxygen atoms in total. The monoisotopic (exact) mass is 422 g/mol. The standard InChI is InChI=1S/C21H22N6O2S/c1-12-5-3-4-6-17(12)26-9-7-15-13(18(26)28)11-14-16(22-15)8-10-27(19(14)29)20-23-21(30-2)25-24-20/h7-12,17H,3-6H2,1-2H3,(H,23,24,25). The van der Waals surface area contributed by atoms with Crippen molar-refractivity contribution in [3.8, 4) is 5.95 Å². The zero-order valence-electron chi connectivity index (χ0n) is 16.8. The lowest BCUT2D eigenvalue weighted by Gasteiger charge is -2.30. The molecule has 0 amide bonds. The van der Waals surface area contributed by atoms with Crippen molar-refractivity contribution in [3.63, 3.8) is 0 Å².